The van der Waals surface area contributed by atoms with Crippen LogP contribution in [0.25, 0.3) is 0 Å². The van der Waals surface area contributed by atoms with E-state index >= 15 is 0 Å². The third kappa shape index (κ3) is 4.59. The van der Waals surface area contributed by atoms with Gasteiger partial charge in [0.2, 0.25) is 0 Å². The van der Waals surface area contributed by atoms with Crippen LogP contribution in [-0.2, 0) is 0 Å². The standard InChI is InChI=1S/C20H25NO2/c1-13-6-8-18(9-7-13)23-12-17(5)21-20(22)19-11-15(3)14(2)10-16(19)4/h6-11,17H,12H2,1-5H3,(H,21,22). The molecule has 1 amide bonds. The van der Waals surface area contributed by atoms with Crippen molar-refractivity contribution >= 4 is 5.91 Å². The number of ether oxygens (including phenoxy) is 1. The van der Waals surface area contributed by atoms with E-state index in [9.17, 15) is 4.79 Å². The predicted molar refractivity (Wildman–Crippen MR) is 94.3 cm³/mol. The highest BCUT2D eigenvalue weighted by Gasteiger charge is 2.13. The minimum Gasteiger partial charge on any atom is -0.491 e. The van der Waals surface area contributed by atoms with E-state index in [-0.39, 0.29) is 11.9 Å². The van der Waals surface area contributed by atoms with E-state index in [0.717, 1.165) is 22.4 Å². The quantitative estimate of drug-likeness (QED) is 0.902. The molecule has 0 aliphatic rings. The lowest BCUT2D eigenvalue weighted by molar-refractivity contribution is 0.0926. The summed E-state index contributed by atoms with van der Waals surface area (Å²) in [6.45, 7) is 10.5. The highest BCUT2D eigenvalue weighted by molar-refractivity contribution is 5.96. The molecule has 23 heavy (non-hydrogen) atoms. The maximum Gasteiger partial charge on any atom is 0.251 e. The van der Waals surface area contributed by atoms with Gasteiger partial charge in [-0.05, 0) is 69.5 Å². The third-order valence-electron chi connectivity index (χ3n) is 3.98. The summed E-state index contributed by atoms with van der Waals surface area (Å²) in [5, 5.41) is 3.00. The van der Waals surface area contributed by atoms with Gasteiger partial charge < -0.3 is 10.1 Å². The van der Waals surface area contributed by atoms with Gasteiger partial charge in [-0.25, -0.2) is 0 Å². The summed E-state index contributed by atoms with van der Waals surface area (Å²) in [5.41, 5.74) is 5.26. The van der Waals surface area contributed by atoms with Crippen molar-refractivity contribution in [3.63, 3.8) is 0 Å². The zero-order valence-electron chi connectivity index (χ0n) is 14.6. The van der Waals surface area contributed by atoms with Crippen LogP contribution in [0.15, 0.2) is 36.4 Å². The van der Waals surface area contributed by atoms with Crippen molar-refractivity contribution < 1.29 is 9.53 Å². The Balaban J connectivity index is 1.94. The van der Waals surface area contributed by atoms with Crippen LogP contribution in [0.5, 0.6) is 5.75 Å². The summed E-state index contributed by atoms with van der Waals surface area (Å²) in [4.78, 5) is 12.4. The third-order valence-corrected chi connectivity index (χ3v) is 3.98. The second-order valence-corrected chi connectivity index (χ2v) is 6.25. The molecule has 1 N–H and O–H groups in total. The maximum atomic E-state index is 12.4. The molecular formula is C20H25NO2. The van der Waals surface area contributed by atoms with Crippen LogP contribution < -0.4 is 10.1 Å². The summed E-state index contributed by atoms with van der Waals surface area (Å²) in [6, 6.07) is 11.8. The number of rotatable bonds is 5. The minimum atomic E-state index is -0.0650. The van der Waals surface area contributed by atoms with Crippen molar-refractivity contribution in [2.24, 2.45) is 0 Å². The Morgan fingerprint density at radius 3 is 2.26 bits per heavy atom. The number of aryl methyl sites for hydroxylation is 4. The van der Waals surface area contributed by atoms with Gasteiger partial charge in [0.25, 0.3) is 5.91 Å². The Morgan fingerprint density at radius 1 is 1.00 bits per heavy atom. The van der Waals surface area contributed by atoms with Crippen LogP contribution in [0.1, 0.15) is 39.5 Å². The zero-order chi connectivity index (χ0) is 17.0. The lowest BCUT2D eigenvalue weighted by Gasteiger charge is -2.17. The molecule has 0 fully saturated rings. The van der Waals surface area contributed by atoms with E-state index in [1.807, 2.05) is 58.0 Å². The molecule has 2 rings (SSSR count). The first kappa shape index (κ1) is 17.1. The van der Waals surface area contributed by atoms with Crippen LogP contribution >= 0.6 is 0 Å². The molecule has 1 unspecified atom stereocenters. The molecule has 0 saturated carbocycles. The maximum absolute atomic E-state index is 12.4. The van der Waals surface area contributed by atoms with Gasteiger partial charge in [0.05, 0.1) is 6.04 Å². The number of hydrogen-bond acceptors (Lipinski definition) is 2. The van der Waals surface area contributed by atoms with Gasteiger partial charge >= 0.3 is 0 Å². The lowest BCUT2D eigenvalue weighted by atomic mass is 10.0. The molecule has 3 heteroatoms. The van der Waals surface area contributed by atoms with E-state index in [4.69, 9.17) is 4.74 Å². The van der Waals surface area contributed by atoms with Crippen LogP contribution in [-0.4, -0.2) is 18.6 Å². The number of hydrogen-bond donors (Lipinski definition) is 1. The predicted octanol–water partition coefficient (Wildman–Crippen LogP) is 4.12. The van der Waals surface area contributed by atoms with Gasteiger partial charge in [0, 0.05) is 5.56 Å². The fourth-order valence-corrected chi connectivity index (χ4v) is 2.40. The first-order valence-corrected chi connectivity index (χ1v) is 7.95. The van der Waals surface area contributed by atoms with E-state index < -0.39 is 0 Å². The summed E-state index contributed by atoms with van der Waals surface area (Å²) in [6.07, 6.45) is 0. The topological polar surface area (TPSA) is 38.3 Å². The molecule has 2 aromatic rings. The van der Waals surface area contributed by atoms with E-state index in [0.29, 0.717) is 6.61 Å². The summed E-state index contributed by atoms with van der Waals surface area (Å²) in [7, 11) is 0. The van der Waals surface area contributed by atoms with E-state index in [2.05, 4.69) is 18.3 Å². The number of nitrogens with one attached hydrogen (secondary N) is 1. The summed E-state index contributed by atoms with van der Waals surface area (Å²) in [5.74, 6) is 0.768. The van der Waals surface area contributed by atoms with Crippen LogP contribution in [0.4, 0.5) is 0 Å². The molecular weight excluding hydrogens is 286 g/mol. The molecule has 0 radical (unpaired) electrons. The van der Waals surface area contributed by atoms with Crippen LogP contribution in [0.3, 0.4) is 0 Å². The molecule has 122 valence electrons. The van der Waals surface area contributed by atoms with Gasteiger partial charge in [-0.15, -0.1) is 0 Å². The second kappa shape index (κ2) is 7.32. The molecule has 0 spiro atoms. The molecule has 3 nitrogen and oxygen atoms in total. The van der Waals surface area contributed by atoms with E-state index in [1.165, 1.54) is 11.1 Å². The molecule has 0 aliphatic heterocycles. The van der Waals surface area contributed by atoms with Crippen molar-refractivity contribution in [1.82, 2.24) is 5.32 Å². The van der Waals surface area contributed by atoms with Crippen molar-refractivity contribution in [2.45, 2.75) is 40.7 Å². The van der Waals surface area contributed by atoms with E-state index in [1.54, 1.807) is 0 Å². The Kier molecular flexibility index (Phi) is 5.43. The van der Waals surface area contributed by atoms with Gasteiger partial charge in [-0.2, -0.15) is 0 Å². The Morgan fingerprint density at radius 2 is 1.61 bits per heavy atom. The molecule has 0 bridgehead atoms. The first-order chi connectivity index (χ1) is 10.9. The second-order valence-electron chi connectivity index (χ2n) is 6.25. The Labute approximate surface area is 138 Å². The van der Waals surface area contributed by atoms with Crippen molar-refractivity contribution in [2.75, 3.05) is 6.61 Å². The molecule has 0 heterocycles. The average molecular weight is 311 g/mol. The Bertz CT molecular complexity index is 690. The van der Waals surface area contributed by atoms with Gasteiger partial charge in [-0.1, -0.05) is 23.8 Å². The van der Waals surface area contributed by atoms with Gasteiger partial charge in [0.15, 0.2) is 0 Å². The molecule has 1 atom stereocenters. The van der Waals surface area contributed by atoms with Crippen molar-refractivity contribution in [3.05, 3.63) is 64.2 Å². The molecule has 0 aliphatic carbocycles. The smallest absolute Gasteiger partial charge is 0.251 e. The normalized spacial score (nSPS) is 11.9. The minimum absolute atomic E-state index is 0.0504. The fraction of sp³-hybridized carbons (Fsp3) is 0.350. The molecule has 0 aromatic heterocycles. The highest BCUT2D eigenvalue weighted by Crippen LogP contribution is 2.16. The number of amides is 1. The molecule has 0 saturated heterocycles. The van der Waals surface area contributed by atoms with Crippen LogP contribution in [0, 0.1) is 27.7 Å². The number of carbonyl (C=O) groups is 1. The fourth-order valence-electron chi connectivity index (χ4n) is 2.40. The van der Waals surface area contributed by atoms with Gasteiger partial charge in [-0.3, -0.25) is 4.79 Å². The number of carbonyl (C=O) groups excluding carboxylic acids is 1. The van der Waals surface area contributed by atoms with Gasteiger partial charge in [0.1, 0.15) is 12.4 Å². The Hall–Kier alpha value is -2.29. The molecule has 2 aromatic carbocycles. The summed E-state index contributed by atoms with van der Waals surface area (Å²) < 4.78 is 5.72. The highest BCUT2D eigenvalue weighted by atomic mass is 16.5. The first-order valence-electron chi connectivity index (χ1n) is 7.95. The van der Waals surface area contributed by atoms with Crippen molar-refractivity contribution in [1.29, 1.82) is 0 Å². The number of benzene rings is 2. The average Bonchev–Trinajstić information content (AvgIpc) is 2.50. The summed E-state index contributed by atoms with van der Waals surface area (Å²) >= 11 is 0. The monoisotopic (exact) mass is 311 g/mol. The SMILES string of the molecule is Cc1ccc(OCC(C)NC(=O)c2cc(C)c(C)cc2C)cc1. The lowest BCUT2D eigenvalue weighted by Crippen LogP contribution is -2.37. The van der Waals surface area contributed by atoms with Crippen LogP contribution in [0.2, 0.25) is 0 Å². The largest absolute Gasteiger partial charge is 0.491 e. The van der Waals surface area contributed by atoms with Crippen molar-refractivity contribution in [3.8, 4) is 5.75 Å². The zero-order valence-corrected chi connectivity index (χ0v) is 14.6.